The van der Waals surface area contributed by atoms with Crippen molar-refractivity contribution in [2.45, 2.75) is 45.0 Å². The Morgan fingerprint density at radius 2 is 2.17 bits per heavy atom. The molecule has 1 saturated carbocycles. The van der Waals surface area contributed by atoms with Crippen LogP contribution >= 0.6 is 0 Å². The third-order valence-corrected chi connectivity index (χ3v) is 3.05. The molecule has 1 heterocycles. The Bertz CT molecular complexity index is 202. The fraction of sp³-hybridized carbons (Fsp3) is 1.00. The second kappa shape index (κ2) is 2.22. The summed E-state index contributed by atoms with van der Waals surface area (Å²) in [5.41, 5.74) is 0.170. The maximum absolute atomic E-state index is 8.70. The Labute approximate surface area is 72.7 Å². The second-order valence-electron chi connectivity index (χ2n) is 4.73. The van der Waals surface area contributed by atoms with Crippen molar-refractivity contribution in [2.24, 2.45) is 5.41 Å². The predicted octanol–water partition coefficient (Wildman–Crippen LogP) is 0.909. The minimum Gasteiger partial charge on any atom is -0.371 e. The van der Waals surface area contributed by atoms with E-state index in [1.54, 1.807) is 0 Å². The number of ether oxygens (including phenoxy) is 2. The van der Waals surface area contributed by atoms with E-state index in [9.17, 15) is 0 Å². The van der Waals surface area contributed by atoms with Gasteiger partial charge in [-0.05, 0) is 18.8 Å². The van der Waals surface area contributed by atoms with E-state index < -0.39 is 0 Å². The molecule has 0 aromatic heterocycles. The molecule has 0 radical (unpaired) electrons. The van der Waals surface area contributed by atoms with Gasteiger partial charge in [0.25, 0.3) is 0 Å². The highest BCUT2D eigenvalue weighted by Crippen LogP contribution is 2.58. The van der Waals surface area contributed by atoms with Crippen LogP contribution in [0.5, 0.6) is 0 Å². The normalized spacial score (nSPS) is 49.0. The smallest absolute Gasteiger partial charge is 0.144 e. The molecule has 2 unspecified atom stereocenters. The maximum atomic E-state index is 8.70. The van der Waals surface area contributed by atoms with Crippen molar-refractivity contribution >= 4 is 0 Å². The first-order valence-corrected chi connectivity index (χ1v) is 4.40. The molecule has 70 valence electrons. The van der Waals surface area contributed by atoms with Gasteiger partial charge < -0.3 is 14.6 Å². The van der Waals surface area contributed by atoms with Crippen LogP contribution in [0.1, 0.15) is 27.2 Å². The number of fused-ring (bicyclic) bond motifs is 1. The van der Waals surface area contributed by atoms with E-state index in [-0.39, 0.29) is 30.0 Å². The molecular formula is C9H16O3. The zero-order chi connectivity index (χ0) is 8.98. The van der Waals surface area contributed by atoms with Crippen LogP contribution in [0.25, 0.3) is 0 Å². The first-order chi connectivity index (χ1) is 5.49. The molecule has 12 heavy (non-hydrogen) atoms. The number of epoxide rings is 1. The lowest BCUT2D eigenvalue weighted by molar-refractivity contribution is -0.106. The molecule has 3 nitrogen and oxygen atoms in total. The minimum absolute atomic E-state index is 0.0311. The molecule has 0 spiro atoms. The molecule has 0 aromatic carbocycles. The second-order valence-corrected chi connectivity index (χ2v) is 4.73. The van der Waals surface area contributed by atoms with Crippen LogP contribution in [0.4, 0.5) is 0 Å². The van der Waals surface area contributed by atoms with E-state index in [4.69, 9.17) is 14.6 Å². The average Bonchev–Trinajstić information content (AvgIpc) is 2.49. The van der Waals surface area contributed by atoms with Crippen molar-refractivity contribution in [1.82, 2.24) is 0 Å². The summed E-state index contributed by atoms with van der Waals surface area (Å²) in [6.07, 6.45) is 1.29. The van der Waals surface area contributed by atoms with Crippen molar-refractivity contribution in [2.75, 3.05) is 6.79 Å². The van der Waals surface area contributed by atoms with Gasteiger partial charge in [-0.3, -0.25) is 0 Å². The molecular weight excluding hydrogens is 156 g/mol. The zero-order valence-electron chi connectivity index (χ0n) is 7.83. The Morgan fingerprint density at radius 1 is 1.50 bits per heavy atom. The number of hydrogen-bond acceptors (Lipinski definition) is 3. The molecule has 3 atom stereocenters. The molecule has 0 amide bonds. The van der Waals surface area contributed by atoms with Crippen molar-refractivity contribution in [3.8, 4) is 0 Å². The van der Waals surface area contributed by atoms with E-state index in [1.807, 2.05) is 0 Å². The molecule has 0 aromatic rings. The fourth-order valence-electron chi connectivity index (χ4n) is 2.59. The van der Waals surface area contributed by atoms with E-state index in [2.05, 4.69) is 20.8 Å². The van der Waals surface area contributed by atoms with Crippen molar-refractivity contribution in [1.29, 1.82) is 0 Å². The quantitative estimate of drug-likeness (QED) is 0.497. The Hall–Kier alpha value is -0.120. The van der Waals surface area contributed by atoms with E-state index in [1.165, 1.54) is 0 Å². The van der Waals surface area contributed by atoms with Crippen LogP contribution in [0.3, 0.4) is 0 Å². The number of hydrogen-bond donors (Lipinski definition) is 1. The molecule has 0 bridgehead atoms. The van der Waals surface area contributed by atoms with Gasteiger partial charge in [0.05, 0.1) is 11.7 Å². The molecule has 2 aliphatic rings. The van der Waals surface area contributed by atoms with Crippen LogP contribution < -0.4 is 0 Å². The lowest BCUT2D eigenvalue weighted by Crippen LogP contribution is -2.32. The van der Waals surface area contributed by atoms with Gasteiger partial charge in [0.15, 0.2) is 0 Å². The lowest BCUT2D eigenvalue weighted by atomic mass is 9.87. The highest BCUT2D eigenvalue weighted by molar-refractivity contribution is 5.16. The molecule has 3 heteroatoms. The largest absolute Gasteiger partial charge is 0.371 e. The highest BCUT2D eigenvalue weighted by atomic mass is 16.7. The average molecular weight is 172 g/mol. The van der Waals surface area contributed by atoms with Crippen LogP contribution in [-0.4, -0.2) is 29.7 Å². The summed E-state index contributed by atoms with van der Waals surface area (Å²) in [6.45, 7) is 6.23. The first kappa shape index (κ1) is 8.48. The van der Waals surface area contributed by atoms with Crippen LogP contribution in [0, 0.1) is 5.41 Å². The lowest BCUT2D eigenvalue weighted by Gasteiger charge is -2.28. The van der Waals surface area contributed by atoms with Gasteiger partial charge in [0.2, 0.25) is 0 Å². The summed E-state index contributed by atoms with van der Waals surface area (Å²) in [4.78, 5) is 0. The number of aliphatic hydroxyl groups is 1. The molecule has 1 N–H and O–H groups in total. The summed E-state index contributed by atoms with van der Waals surface area (Å²) >= 11 is 0. The fourth-order valence-corrected chi connectivity index (χ4v) is 2.59. The third kappa shape index (κ3) is 1.00. The van der Waals surface area contributed by atoms with E-state index >= 15 is 0 Å². The van der Waals surface area contributed by atoms with Crippen LogP contribution in [0.2, 0.25) is 0 Å². The zero-order valence-corrected chi connectivity index (χ0v) is 7.83. The van der Waals surface area contributed by atoms with Crippen molar-refractivity contribution in [3.63, 3.8) is 0 Å². The summed E-state index contributed by atoms with van der Waals surface area (Å²) in [7, 11) is 0. The van der Waals surface area contributed by atoms with E-state index in [0.29, 0.717) is 0 Å². The van der Waals surface area contributed by atoms with E-state index in [0.717, 1.165) is 6.42 Å². The van der Waals surface area contributed by atoms with Gasteiger partial charge >= 0.3 is 0 Å². The van der Waals surface area contributed by atoms with Gasteiger partial charge in [0.1, 0.15) is 12.9 Å². The molecule has 2 rings (SSSR count). The SMILES string of the molecule is CC1(C)C[C@@]2(C)OC2C1OCO. The monoisotopic (exact) mass is 172 g/mol. The first-order valence-electron chi connectivity index (χ1n) is 4.40. The Morgan fingerprint density at radius 3 is 2.58 bits per heavy atom. The van der Waals surface area contributed by atoms with Gasteiger partial charge in [0, 0.05) is 0 Å². The Kier molecular flexibility index (Phi) is 1.57. The summed E-state index contributed by atoms with van der Waals surface area (Å²) < 4.78 is 10.8. The number of aliphatic hydroxyl groups excluding tert-OH is 1. The molecule has 1 aliphatic heterocycles. The molecule has 2 fully saturated rings. The van der Waals surface area contributed by atoms with Crippen LogP contribution in [0.15, 0.2) is 0 Å². The van der Waals surface area contributed by atoms with Gasteiger partial charge in [-0.25, -0.2) is 0 Å². The minimum atomic E-state index is -0.204. The van der Waals surface area contributed by atoms with Crippen molar-refractivity contribution in [3.05, 3.63) is 0 Å². The summed E-state index contributed by atoms with van der Waals surface area (Å²) in [5.74, 6) is 0. The standard InChI is InChI=1S/C9H16O3/c1-8(2)4-9(3)7(12-9)6(8)11-5-10/h6-7,10H,4-5H2,1-3H3/t6?,7?,9-/m1/s1. The Balaban J connectivity index is 2.11. The predicted molar refractivity (Wildman–Crippen MR) is 43.6 cm³/mol. The number of rotatable bonds is 2. The third-order valence-electron chi connectivity index (χ3n) is 3.05. The molecule has 1 saturated heterocycles. The maximum Gasteiger partial charge on any atom is 0.144 e. The van der Waals surface area contributed by atoms with Crippen molar-refractivity contribution < 1.29 is 14.6 Å². The van der Waals surface area contributed by atoms with Gasteiger partial charge in [-0.1, -0.05) is 13.8 Å². The summed E-state index contributed by atoms with van der Waals surface area (Å²) in [5, 5.41) is 8.70. The van der Waals surface area contributed by atoms with Crippen LogP contribution in [-0.2, 0) is 9.47 Å². The highest BCUT2D eigenvalue weighted by Gasteiger charge is 2.68. The van der Waals surface area contributed by atoms with Gasteiger partial charge in [-0.2, -0.15) is 0 Å². The summed E-state index contributed by atoms with van der Waals surface area (Å²) in [6, 6.07) is 0. The topological polar surface area (TPSA) is 42.0 Å². The molecule has 1 aliphatic carbocycles. The van der Waals surface area contributed by atoms with Gasteiger partial charge in [-0.15, -0.1) is 0 Å².